The van der Waals surface area contributed by atoms with Crippen molar-refractivity contribution in [2.75, 3.05) is 12.4 Å². The van der Waals surface area contributed by atoms with Crippen LogP contribution in [0.25, 0.3) is 11.3 Å². The minimum Gasteiger partial charge on any atom is -0.371 e. The number of anilines is 1. The Hall–Kier alpha value is -2.72. The van der Waals surface area contributed by atoms with E-state index in [0.29, 0.717) is 27.8 Å². The molecule has 0 aliphatic carbocycles. The highest BCUT2D eigenvalue weighted by molar-refractivity contribution is 6.38. The molecule has 4 nitrogen and oxygen atoms in total. The van der Waals surface area contributed by atoms with E-state index in [1.165, 1.54) is 0 Å². The molecule has 0 saturated heterocycles. The Bertz CT molecular complexity index is 891. The molecule has 0 amide bonds. The van der Waals surface area contributed by atoms with Crippen LogP contribution in [0.3, 0.4) is 0 Å². The molecule has 1 heterocycles. The van der Waals surface area contributed by atoms with Gasteiger partial charge in [-0.3, -0.25) is 5.41 Å². The molecule has 0 unspecified atom stereocenters. The van der Waals surface area contributed by atoms with Crippen molar-refractivity contribution >= 4 is 23.1 Å². The molecule has 3 rings (SSSR count). The summed E-state index contributed by atoms with van der Waals surface area (Å²) >= 11 is 6.64. The smallest absolute Gasteiger partial charge is 0.159 e. The highest BCUT2D eigenvalue weighted by Crippen LogP contribution is 2.33. The first-order valence-electron chi connectivity index (χ1n) is 7.57. The van der Waals surface area contributed by atoms with E-state index in [1.54, 1.807) is 7.05 Å². The molecular formula is C19H17ClN4. The monoisotopic (exact) mass is 336 g/mol. The van der Waals surface area contributed by atoms with Crippen molar-refractivity contribution in [1.82, 2.24) is 10.2 Å². The van der Waals surface area contributed by atoms with Gasteiger partial charge in [-0.15, -0.1) is 10.2 Å². The molecule has 2 N–H and O–H groups in total. The van der Waals surface area contributed by atoms with Crippen LogP contribution < -0.4 is 5.32 Å². The quantitative estimate of drug-likeness (QED) is 0.686. The Labute approximate surface area is 146 Å². The fraction of sp³-hybridized carbons (Fsp3) is 0.105. The van der Waals surface area contributed by atoms with Gasteiger partial charge in [-0.05, 0) is 13.0 Å². The Morgan fingerprint density at radius 2 is 1.79 bits per heavy atom. The summed E-state index contributed by atoms with van der Waals surface area (Å²) in [5, 5.41) is 20.4. The molecule has 3 aromatic rings. The SMILES string of the molecule is CNc1nnc(-c2cccc(C)c2)c(Cl)c1C(=N)c1ccccc1. The number of aromatic nitrogens is 2. The van der Waals surface area contributed by atoms with Gasteiger partial charge in [0.1, 0.15) is 5.69 Å². The van der Waals surface area contributed by atoms with Crippen LogP contribution in [0, 0.1) is 12.3 Å². The lowest BCUT2D eigenvalue weighted by Crippen LogP contribution is -2.10. The summed E-state index contributed by atoms with van der Waals surface area (Å²) < 4.78 is 0. The van der Waals surface area contributed by atoms with Gasteiger partial charge in [0.15, 0.2) is 5.82 Å². The average Bonchev–Trinajstić information content (AvgIpc) is 2.61. The van der Waals surface area contributed by atoms with Gasteiger partial charge in [0.2, 0.25) is 0 Å². The summed E-state index contributed by atoms with van der Waals surface area (Å²) in [4.78, 5) is 0. The fourth-order valence-corrected chi connectivity index (χ4v) is 2.88. The zero-order chi connectivity index (χ0) is 17.1. The summed E-state index contributed by atoms with van der Waals surface area (Å²) in [6.07, 6.45) is 0. The van der Waals surface area contributed by atoms with Crippen LogP contribution in [0.1, 0.15) is 16.7 Å². The highest BCUT2D eigenvalue weighted by Gasteiger charge is 2.20. The largest absolute Gasteiger partial charge is 0.371 e. The van der Waals surface area contributed by atoms with Crippen molar-refractivity contribution in [2.24, 2.45) is 0 Å². The first kappa shape index (κ1) is 16.1. The number of hydrogen-bond acceptors (Lipinski definition) is 4. The van der Waals surface area contributed by atoms with Crippen molar-refractivity contribution in [3.63, 3.8) is 0 Å². The van der Waals surface area contributed by atoms with Gasteiger partial charge in [-0.25, -0.2) is 0 Å². The maximum absolute atomic E-state index is 8.56. The molecule has 120 valence electrons. The minimum atomic E-state index is 0.314. The predicted octanol–water partition coefficient (Wildman–Crippen LogP) is 4.56. The highest BCUT2D eigenvalue weighted by atomic mass is 35.5. The van der Waals surface area contributed by atoms with Crippen molar-refractivity contribution in [1.29, 1.82) is 5.41 Å². The number of aryl methyl sites for hydroxylation is 1. The van der Waals surface area contributed by atoms with E-state index in [0.717, 1.165) is 16.7 Å². The molecule has 0 radical (unpaired) electrons. The molecule has 24 heavy (non-hydrogen) atoms. The van der Waals surface area contributed by atoms with Crippen LogP contribution >= 0.6 is 11.6 Å². The van der Waals surface area contributed by atoms with Crippen LogP contribution in [0.5, 0.6) is 0 Å². The molecule has 0 bridgehead atoms. The van der Waals surface area contributed by atoms with Crippen LogP contribution in [0.15, 0.2) is 54.6 Å². The lowest BCUT2D eigenvalue weighted by molar-refractivity contribution is 1.03. The maximum Gasteiger partial charge on any atom is 0.159 e. The van der Waals surface area contributed by atoms with Gasteiger partial charge < -0.3 is 5.32 Å². The molecule has 0 aliphatic rings. The molecule has 0 spiro atoms. The third kappa shape index (κ3) is 3.01. The predicted molar refractivity (Wildman–Crippen MR) is 99.1 cm³/mol. The second-order valence-electron chi connectivity index (χ2n) is 5.45. The second-order valence-corrected chi connectivity index (χ2v) is 5.82. The van der Waals surface area contributed by atoms with E-state index in [1.807, 2.05) is 61.5 Å². The van der Waals surface area contributed by atoms with E-state index in [4.69, 9.17) is 17.0 Å². The van der Waals surface area contributed by atoms with Gasteiger partial charge in [-0.1, -0.05) is 65.7 Å². The minimum absolute atomic E-state index is 0.314. The van der Waals surface area contributed by atoms with Gasteiger partial charge in [-0.2, -0.15) is 0 Å². The zero-order valence-electron chi connectivity index (χ0n) is 13.5. The molecule has 1 aromatic heterocycles. The first-order chi connectivity index (χ1) is 11.6. The Morgan fingerprint density at radius 3 is 2.46 bits per heavy atom. The van der Waals surface area contributed by atoms with Crippen molar-refractivity contribution in [2.45, 2.75) is 6.92 Å². The van der Waals surface area contributed by atoms with E-state index >= 15 is 0 Å². The fourth-order valence-electron chi connectivity index (χ4n) is 2.55. The van der Waals surface area contributed by atoms with Gasteiger partial charge in [0.05, 0.1) is 16.3 Å². The number of hydrogen-bond donors (Lipinski definition) is 2. The Morgan fingerprint density at radius 1 is 1.04 bits per heavy atom. The number of nitrogens with one attached hydrogen (secondary N) is 2. The van der Waals surface area contributed by atoms with Gasteiger partial charge in [0, 0.05) is 18.2 Å². The topological polar surface area (TPSA) is 61.7 Å². The lowest BCUT2D eigenvalue weighted by Gasteiger charge is -2.14. The molecule has 0 saturated carbocycles. The summed E-state index contributed by atoms with van der Waals surface area (Å²) in [5.41, 5.74) is 4.22. The van der Waals surface area contributed by atoms with Crippen LogP contribution in [0.4, 0.5) is 5.82 Å². The molecule has 0 atom stereocenters. The first-order valence-corrected chi connectivity index (χ1v) is 7.95. The maximum atomic E-state index is 8.56. The summed E-state index contributed by atoms with van der Waals surface area (Å²) in [5.74, 6) is 0.491. The third-order valence-electron chi connectivity index (χ3n) is 3.75. The second kappa shape index (κ2) is 6.81. The number of halogens is 1. The van der Waals surface area contributed by atoms with E-state index < -0.39 is 0 Å². The van der Waals surface area contributed by atoms with Crippen molar-refractivity contribution in [3.8, 4) is 11.3 Å². The normalized spacial score (nSPS) is 10.5. The van der Waals surface area contributed by atoms with E-state index in [2.05, 4.69) is 15.5 Å². The average molecular weight is 337 g/mol. The Kier molecular flexibility index (Phi) is 4.58. The Balaban J connectivity index is 2.18. The molecule has 2 aromatic carbocycles. The molecule has 0 fully saturated rings. The van der Waals surface area contributed by atoms with Crippen molar-refractivity contribution < 1.29 is 0 Å². The lowest BCUT2D eigenvalue weighted by atomic mass is 10.0. The molecule has 5 heteroatoms. The zero-order valence-corrected chi connectivity index (χ0v) is 14.2. The molecule has 0 aliphatic heterocycles. The number of nitrogens with zero attached hydrogens (tertiary/aromatic N) is 2. The van der Waals surface area contributed by atoms with E-state index in [-0.39, 0.29) is 0 Å². The standard InChI is InChI=1S/C19H17ClN4/c1-12-7-6-10-14(11-12)18-16(20)15(19(22-2)24-23-18)17(21)13-8-4-3-5-9-13/h3-11,21H,1-2H3,(H,22,24). The van der Waals surface area contributed by atoms with Crippen LogP contribution in [-0.4, -0.2) is 23.0 Å². The summed E-state index contributed by atoms with van der Waals surface area (Å²) in [7, 11) is 1.74. The van der Waals surface area contributed by atoms with E-state index in [9.17, 15) is 0 Å². The summed E-state index contributed by atoms with van der Waals surface area (Å²) in [6, 6.07) is 17.4. The van der Waals surface area contributed by atoms with Crippen LogP contribution in [-0.2, 0) is 0 Å². The van der Waals surface area contributed by atoms with Gasteiger partial charge in [0.25, 0.3) is 0 Å². The summed E-state index contributed by atoms with van der Waals surface area (Å²) in [6.45, 7) is 2.01. The third-order valence-corrected chi connectivity index (χ3v) is 4.12. The number of rotatable bonds is 4. The number of benzene rings is 2. The van der Waals surface area contributed by atoms with Crippen LogP contribution in [0.2, 0.25) is 5.02 Å². The van der Waals surface area contributed by atoms with Gasteiger partial charge >= 0.3 is 0 Å². The molecular weight excluding hydrogens is 320 g/mol. The van der Waals surface area contributed by atoms with Crippen molar-refractivity contribution in [3.05, 3.63) is 76.3 Å².